The highest BCUT2D eigenvalue weighted by Gasteiger charge is 2.24. The van der Waals surface area contributed by atoms with Gasteiger partial charge < -0.3 is 15.3 Å². The lowest BCUT2D eigenvalue weighted by molar-refractivity contribution is -0.119. The molecule has 0 spiro atoms. The molecule has 2 heterocycles. The number of carbonyl (C=O) groups is 3. The van der Waals surface area contributed by atoms with Crippen molar-refractivity contribution in [1.82, 2.24) is 15.2 Å². The Hall–Kier alpha value is -2.44. The molecule has 112 valence electrons. The Kier molecular flexibility index (Phi) is 4.52. The summed E-state index contributed by atoms with van der Waals surface area (Å²) in [6, 6.07) is 2.90. The fourth-order valence-electron chi connectivity index (χ4n) is 2.32. The summed E-state index contributed by atoms with van der Waals surface area (Å²) in [5.74, 6) is -1.35. The number of carboxylic acid groups (broad SMARTS) is 1. The number of aromatic nitrogens is 1. The summed E-state index contributed by atoms with van der Waals surface area (Å²) in [7, 11) is 0. The first kappa shape index (κ1) is 15.0. The molecule has 2 rings (SSSR count). The van der Waals surface area contributed by atoms with Gasteiger partial charge in [0.1, 0.15) is 5.69 Å². The second kappa shape index (κ2) is 6.34. The SMILES string of the molecule is CC(=O)NC1CCN(C(=O)c2ccc(C(=O)O)cn2)CC1. The van der Waals surface area contributed by atoms with Crippen LogP contribution in [0.1, 0.15) is 40.6 Å². The third-order valence-corrected chi connectivity index (χ3v) is 3.42. The molecule has 7 nitrogen and oxygen atoms in total. The van der Waals surface area contributed by atoms with Crippen molar-refractivity contribution in [1.29, 1.82) is 0 Å². The van der Waals surface area contributed by atoms with Crippen molar-refractivity contribution in [3.63, 3.8) is 0 Å². The van der Waals surface area contributed by atoms with Gasteiger partial charge in [-0.2, -0.15) is 0 Å². The van der Waals surface area contributed by atoms with Crippen LogP contribution in [0.15, 0.2) is 18.3 Å². The van der Waals surface area contributed by atoms with Crippen molar-refractivity contribution in [2.45, 2.75) is 25.8 Å². The zero-order valence-corrected chi connectivity index (χ0v) is 11.7. The van der Waals surface area contributed by atoms with Crippen LogP contribution in [0.5, 0.6) is 0 Å². The Morgan fingerprint density at radius 1 is 1.29 bits per heavy atom. The summed E-state index contributed by atoms with van der Waals surface area (Å²) in [5.41, 5.74) is 0.286. The number of carbonyl (C=O) groups excluding carboxylic acids is 2. The number of rotatable bonds is 3. The minimum absolute atomic E-state index is 0.0518. The molecule has 1 saturated heterocycles. The lowest BCUT2D eigenvalue weighted by atomic mass is 10.0. The maximum atomic E-state index is 12.2. The first-order valence-corrected chi connectivity index (χ1v) is 6.73. The van der Waals surface area contributed by atoms with Gasteiger partial charge in [-0.1, -0.05) is 0 Å². The van der Waals surface area contributed by atoms with Gasteiger partial charge in [0.15, 0.2) is 0 Å². The van der Waals surface area contributed by atoms with E-state index in [0.29, 0.717) is 25.9 Å². The number of nitrogens with zero attached hydrogens (tertiary/aromatic N) is 2. The van der Waals surface area contributed by atoms with Crippen LogP contribution in [-0.4, -0.2) is 51.9 Å². The van der Waals surface area contributed by atoms with Crippen LogP contribution in [0.2, 0.25) is 0 Å². The Morgan fingerprint density at radius 3 is 2.43 bits per heavy atom. The summed E-state index contributed by atoms with van der Waals surface area (Å²) < 4.78 is 0. The highest BCUT2D eigenvalue weighted by atomic mass is 16.4. The number of pyridine rings is 1. The van der Waals surface area contributed by atoms with E-state index in [0.717, 1.165) is 0 Å². The van der Waals surface area contributed by atoms with Crippen molar-refractivity contribution in [2.24, 2.45) is 0 Å². The Morgan fingerprint density at radius 2 is 1.95 bits per heavy atom. The third-order valence-electron chi connectivity index (χ3n) is 3.42. The van der Waals surface area contributed by atoms with Crippen LogP contribution in [0, 0.1) is 0 Å². The maximum absolute atomic E-state index is 12.2. The molecular formula is C14H17N3O4. The molecule has 0 atom stereocenters. The fraction of sp³-hybridized carbons (Fsp3) is 0.429. The number of piperidine rings is 1. The van der Waals surface area contributed by atoms with Gasteiger partial charge in [-0.25, -0.2) is 4.79 Å². The molecule has 1 aliphatic heterocycles. The van der Waals surface area contributed by atoms with Crippen LogP contribution in [0.4, 0.5) is 0 Å². The summed E-state index contributed by atoms with van der Waals surface area (Å²) in [5, 5.41) is 11.6. The molecule has 1 aromatic heterocycles. The van der Waals surface area contributed by atoms with Gasteiger partial charge in [0.2, 0.25) is 5.91 Å². The minimum atomic E-state index is -1.07. The monoisotopic (exact) mass is 291 g/mol. The average Bonchev–Trinajstić information content (AvgIpc) is 2.47. The normalized spacial score (nSPS) is 15.6. The van der Waals surface area contributed by atoms with E-state index in [-0.39, 0.29) is 29.1 Å². The summed E-state index contributed by atoms with van der Waals surface area (Å²) in [4.78, 5) is 39.5. The molecule has 0 unspecified atom stereocenters. The van der Waals surface area contributed by atoms with Crippen LogP contribution in [0.3, 0.4) is 0 Å². The quantitative estimate of drug-likeness (QED) is 0.845. The van der Waals surface area contributed by atoms with Gasteiger partial charge in [0.05, 0.1) is 5.56 Å². The number of carboxylic acids is 1. The van der Waals surface area contributed by atoms with Gasteiger partial charge >= 0.3 is 5.97 Å². The third kappa shape index (κ3) is 3.77. The topological polar surface area (TPSA) is 99.6 Å². The minimum Gasteiger partial charge on any atom is -0.478 e. The molecule has 0 radical (unpaired) electrons. The molecule has 2 N–H and O–H groups in total. The van der Waals surface area contributed by atoms with Gasteiger partial charge in [0.25, 0.3) is 5.91 Å². The molecule has 2 amide bonds. The molecular weight excluding hydrogens is 274 g/mol. The number of hydrogen-bond acceptors (Lipinski definition) is 4. The second-order valence-electron chi connectivity index (χ2n) is 5.00. The second-order valence-corrected chi connectivity index (χ2v) is 5.00. The van der Waals surface area contributed by atoms with E-state index >= 15 is 0 Å². The van der Waals surface area contributed by atoms with Crippen molar-refractivity contribution >= 4 is 17.8 Å². The highest BCUT2D eigenvalue weighted by molar-refractivity contribution is 5.93. The molecule has 1 aliphatic rings. The first-order valence-electron chi connectivity index (χ1n) is 6.73. The molecule has 1 fully saturated rings. The van der Waals surface area contributed by atoms with Crippen molar-refractivity contribution in [3.8, 4) is 0 Å². The van der Waals surface area contributed by atoms with Crippen LogP contribution >= 0.6 is 0 Å². The van der Waals surface area contributed by atoms with E-state index in [1.165, 1.54) is 25.3 Å². The van der Waals surface area contributed by atoms with Gasteiger partial charge in [-0.3, -0.25) is 14.6 Å². The van der Waals surface area contributed by atoms with E-state index in [2.05, 4.69) is 10.3 Å². The molecule has 21 heavy (non-hydrogen) atoms. The Bertz CT molecular complexity index is 548. The van der Waals surface area contributed by atoms with E-state index in [1.807, 2.05) is 0 Å². The number of amides is 2. The number of hydrogen-bond donors (Lipinski definition) is 2. The molecule has 7 heteroatoms. The highest BCUT2D eigenvalue weighted by Crippen LogP contribution is 2.13. The Labute approximate surface area is 122 Å². The van der Waals surface area contributed by atoms with Gasteiger partial charge in [-0.05, 0) is 25.0 Å². The molecule has 0 saturated carbocycles. The zero-order chi connectivity index (χ0) is 15.4. The summed E-state index contributed by atoms with van der Waals surface area (Å²) in [6.07, 6.45) is 2.59. The summed E-state index contributed by atoms with van der Waals surface area (Å²) in [6.45, 7) is 2.57. The number of nitrogens with one attached hydrogen (secondary N) is 1. The molecule has 0 aromatic carbocycles. The number of aromatic carboxylic acids is 1. The first-order chi connectivity index (χ1) is 9.97. The van der Waals surface area contributed by atoms with Gasteiger partial charge in [0, 0.05) is 32.3 Å². The lowest BCUT2D eigenvalue weighted by Gasteiger charge is -2.32. The van der Waals surface area contributed by atoms with Gasteiger partial charge in [-0.15, -0.1) is 0 Å². The maximum Gasteiger partial charge on any atom is 0.337 e. The van der Waals surface area contributed by atoms with E-state index in [9.17, 15) is 14.4 Å². The van der Waals surface area contributed by atoms with Crippen LogP contribution in [-0.2, 0) is 4.79 Å². The van der Waals surface area contributed by atoms with Crippen molar-refractivity contribution in [3.05, 3.63) is 29.6 Å². The molecule has 0 bridgehead atoms. The predicted octanol–water partition coefficient (Wildman–Crippen LogP) is 0.520. The Balaban J connectivity index is 1.95. The summed E-state index contributed by atoms with van der Waals surface area (Å²) >= 11 is 0. The number of likely N-dealkylation sites (tertiary alicyclic amines) is 1. The van der Waals surface area contributed by atoms with Crippen LogP contribution in [0.25, 0.3) is 0 Å². The van der Waals surface area contributed by atoms with Crippen molar-refractivity contribution in [2.75, 3.05) is 13.1 Å². The van der Waals surface area contributed by atoms with Crippen LogP contribution < -0.4 is 5.32 Å². The van der Waals surface area contributed by atoms with E-state index < -0.39 is 5.97 Å². The fourth-order valence-corrected chi connectivity index (χ4v) is 2.32. The van der Waals surface area contributed by atoms with E-state index in [4.69, 9.17) is 5.11 Å². The average molecular weight is 291 g/mol. The van der Waals surface area contributed by atoms with Crippen molar-refractivity contribution < 1.29 is 19.5 Å². The standard InChI is InChI=1S/C14H17N3O4/c1-9(18)16-11-4-6-17(7-5-11)13(19)12-3-2-10(8-15-12)14(20)21/h2-3,8,11H,4-7H2,1H3,(H,16,18)(H,20,21). The van der Waals surface area contributed by atoms with E-state index in [1.54, 1.807) is 4.90 Å². The largest absolute Gasteiger partial charge is 0.478 e. The molecule has 0 aliphatic carbocycles. The zero-order valence-electron chi connectivity index (χ0n) is 11.7. The predicted molar refractivity (Wildman–Crippen MR) is 73.9 cm³/mol. The lowest BCUT2D eigenvalue weighted by Crippen LogP contribution is -2.46. The molecule has 1 aromatic rings. The smallest absolute Gasteiger partial charge is 0.337 e.